The van der Waals surface area contributed by atoms with Gasteiger partial charge in [-0.1, -0.05) is 6.07 Å². The highest BCUT2D eigenvalue weighted by molar-refractivity contribution is 5.80. The number of aromatic amines is 1. The molecule has 2 aliphatic rings. The Kier molecular flexibility index (Phi) is 4.66. The lowest BCUT2D eigenvalue weighted by Crippen LogP contribution is -2.51. The van der Waals surface area contributed by atoms with Crippen molar-refractivity contribution in [1.29, 1.82) is 0 Å². The lowest BCUT2D eigenvalue weighted by molar-refractivity contribution is -0.0185. The summed E-state index contributed by atoms with van der Waals surface area (Å²) < 4.78 is 5.51. The number of amides is 2. The lowest BCUT2D eigenvalue weighted by Gasteiger charge is -2.45. The summed E-state index contributed by atoms with van der Waals surface area (Å²) in [5.74, 6) is 0. The highest BCUT2D eigenvalue weighted by atomic mass is 16.5. The quantitative estimate of drug-likeness (QED) is 0.900. The van der Waals surface area contributed by atoms with E-state index in [0.717, 1.165) is 57.5 Å². The molecule has 0 bridgehead atoms. The molecule has 0 unspecified atom stereocenters. The van der Waals surface area contributed by atoms with Crippen molar-refractivity contribution in [3.8, 4) is 0 Å². The number of hydrogen-bond acceptors (Lipinski definition) is 2. The number of fused-ring (bicyclic) bond motifs is 1. The van der Waals surface area contributed by atoms with E-state index in [4.69, 9.17) is 4.74 Å². The van der Waals surface area contributed by atoms with Gasteiger partial charge in [0.2, 0.25) is 0 Å². The number of nitrogens with zero attached hydrogens (tertiary/aromatic N) is 1. The Morgan fingerprint density at radius 3 is 3.00 bits per heavy atom. The predicted molar refractivity (Wildman–Crippen MR) is 98.7 cm³/mol. The van der Waals surface area contributed by atoms with E-state index in [1.54, 1.807) is 0 Å². The molecule has 0 aliphatic carbocycles. The van der Waals surface area contributed by atoms with Gasteiger partial charge in [0.15, 0.2) is 0 Å². The number of carbonyl (C=O) groups excluding carboxylic acids is 1. The number of ether oxygens (including phenoxy) is 1. The zero-order chi connectivity index (χ0) is 17.1. The number of carbonyl (C=O) groups is 1. The van der Waals surface area contributed by atoms with Gasteiger partial charge in [0.05, 0.1) is 0 Å². The van der Waals surface area contributed by atoms with Gasteiger partial charge >= 0.3 is 6.03 Å². The third-order valence-electron chi connectivity index (χ3n) is 5.81. The number of aromatic nitrogens is 1. The van der Waals surface area contributed by atoms with Crippen LogP contribution in [0.3, 0.4) is 0 Å². The van der Waals surface area contributed by atoms with E-state index < -0.39 is 0 Å². The average Bonchev–Trinajstić information content (AvgIpc) is 3.10. The summed E-state index contributed by atoms with van der Waals surface area (Å²) in [5.41, 5.74) is 2.71. The van der Waals surface area contributed by atoms with Crippen molar-refractivity contribution in [2.24, 2.45) is 5.41 Å². The first-order valence-corrected chi connectivity index (χ1v) is 9.41. The van der Waals surface area contributed by atoms with Gasteiger partial charge in [-0.3, -0.25) is 0 Å². The monoisotopic (exact) mass is 341 g/mol. The minimum Gasteiger partial charge on any atom is -0.381 e. The largest absolute Gasteiger partial charge is 0.381 e. The number of H-pyrrole nitrogens is 1. The van der Waals surface area contributed by atoms with Gasteiger partial charge in [0.25, 0.3) is 0 Å². The van der Waals surface area contributed by atoms with E-state index in [2.05, 4.69) is 34.6 Å². The molecule has 25 heavy (non-hydrogen) atoms. The number of piperidine rings is 1. The summed E-state index contributed by atoms with van der Waals surface area (Å²) >= 11 is 0. The fourth-order valence-electron chi connectivity index (χ4n) is 4.28. The Labute approximate surface area is 148 Å². The second-order valence-corrected chi connectivity index (χ2v) is 7.52. The maximum atomic E-state index is 12.6. The van der Waals surface area contributed by atoms with E-state index in [1.807, 2.05) is 11.1 Å². The third-order valence-corrected chi connectivity index (χ3v) is 5.81. The summed E-state index contributed by atoms with van der Waals surface area (Å²) in [7, 11) is 0. The SMILES string of the molecule is O=C(NCCc1ccc2[nH]ccc2c1)N1CCCC2(CCOCC2)C1. The summed E-state index contributed by atoms with van der Waals surface area (Å²) in [6, 6.07) is 8.59. The van der Waals surface area contributed by atoms with Gasteiger partial charge in [-0.25, -0.2) is 4.79 Å². The Hall–Kier alpha value is -2.01. The van der Waals surface area contributed by atoms with Crippen molar-refractivity contribution >= 4 is 16.9 Å². The van der Waals surface area contributed by atoms with Crippen molar-refractivity contribution in [1.82, 2.24) is 15.2 Å². The molecule has 0 atom stereocenters. The molecule has 3 heterocycles. The summed E-state index contributed by atoms with van der Waals surface area (Å²) in [6.07, 6.45) is 7.34. The fraction of sp³-hybridized carbons (Fsp3) is 0.550. The van der Waals surface area contributed by atoms with Crippen LogP contribution in [0.5, 0.6) is 0 Å². The van der Waals surface area contributed by atoms with Crippen LogP contribution in [0.25, 0.3) is 10.9 Å². The van der Waals surface area contributed by atoms with Crippen LogP contribution in [0.4, 0.5) is 4.79 Å². The maximum Gasteiger partial charge on any atom is 0.317 e. The molecule has 0 saturated carbocycles. The fourth-order valence-corrected chi connectivity index (χ4v) is 4.28. The molecule has 5 heteroatoms. The highest BCUT2D eigenvalue weighted by Crippen LogP contribution is 2.39. The molecule has 5 nitrogen and oxygen atoms in total. The number of benzene rings is 1. The first kappa shape index (κ1) is 16.5. The first-order chi connectivity index (χ1) is 12.2. The smallest absolute Gasteiger partial charge is 0.317 e. The minimum absolute atomic E-state index is 0.0910. The lowest BCUT2D eigenvalue weighted by atomic mass is 9.74. The summed E-state index contributed by atoms with van der Waals surface area (Å²) in [6.45, 7) is 4.14. The van der Waals surface area contributed by atoms with Crippen molar-refractivity contribution in [3.05, 3.63) is 36.0 Å². The van der Waals surface area contributed by atoms with Gasteiger partial charge in [-0.2, -0.15) is 0 Å². The molecular formula is C20H27N3O2. The van der Waals surface area contributed by atoms with Gasteiger partial charge in [0, 0.05) is 44.6 Å². The Morgan fingerprint density at radius 1 is 1.24 bits per heavy atom. The van der Waals surface area contributed by atoms with Crippen molar-refractivity contribution in [2.75, 3.05) is 32.8 Å². The van der Waals surface area contributed by atoms with Crippen molar-refractivity contribution in [3.63, 3.8) is 0 Å². The first-order valence-electron chi connectivity index (χ1n) is 9.41. The number of nitrogens with one attached hydrogen (secondary N) is 2. The van der Waals surface area contributed by atoms with Crippen LogP contribution in [0.2, 0.25) is 0 Å². The van der Waals surface area contributed by atoms with Crippen LogP contribution in [-0.2, 0) is 11.2 Å². The van der Waals surface area contributed by atoms with Gasteiger partial charge < -0.3 is 19.9 Å². The van der Waals surface area contributed by atoms with E-state index in [9.17, 15) is 4.79 Å². The second kappa shape index (κ2) is 7.08. The van der Waals surface area contributed by atoms with Crippen LogP contribution in [0, 0.1) is 5.41 Å². The molecule has 2 fully saturated rings. The molecule has 2 amide bonds. The van der Waals surface area contributed by atoms with Crippen LogP contribution in [-0.4, -0.2) is 48.8 Å². The van der Waals surface area contributed by atoms with Crippen LogP contribution >= 0.6 is 0 Å². The van der Waals surface area contributed by atoms with E-state index in [1.165, 1.54) is 17.4 Å². The maximum absolute atomic E-state index is 12.6. The molecule has 4 rings (SSSR count). The molecular weight excluding hydrogens is 314 g/mol. The van der Waals surface area contributed by atoms with Gasteiger partial charge in [-0.15, -0.1) is 0 Å². The molecule has 2 aliphatic heterocycles. The summed E-state index contributed by atoms with van der Waals surface area (Å²) in [5, 5.41) is 4.34. The van der Waals surface area contributed by atoms with Gasteiger partial charge in [0.1, 0.15) is 0 Å². The molecule has 1 aromatic carbocycles. The van der Waals surface area contributed by atoms with Gasteiger partial charge in [-0.05, 0) is 66.7 Å². The van der Waals surface area contributed by atoms with E-state index in [0.29, 0.717) is 12.0 Å². The third kappa shape index (κ3) is 3.66. The average molecular weight is 341 g/mol. The van der Waals surface area contributed by atoms with E-state index in [-0.39, 0.29) is 6.03 Å². The molecule has 0 radical (unpaired) electrons. The number of hydrogen-bond donors (Lipinski definition) is 2. The normalized spacial score (nSPS) is 20.1. The number of likely N-dealkylation sites (tertiary alicyclic amines) is 1. The Bertz CT molecular complexity index is 728. The zero-order valence-corrected chi connectivity index (χ0v) is 14.7. The summed E-state index contributed by atoms with van der Waals surface area (Å²) in [4.78, 5) is 17.8. The molecule has 2 saturated heterocycles. The highest BCUT2D eigenvalue weighted by Gasteiger charge is 2.38. The minimum atomic E-state index is 0.0910. The molecule has 1 spiro atoms. The molecule has 1 aromatic heterocycles. The standard InChI is InChI=1S/C20H27N3O2/c24-19(23-11-1-6-20(15-23)7-12-25-13-8-20)22-9-4-16-2-3-18-17(14-16)5-10-21-18/h2-3,5,10,14,21H,1,4,6-9,11-13,15H2,(H,22,24). The Balaban J connectivity index is 1.29. The van der Waals surface area contributed by atoms with Crippen LogP contribution in [0.1, 0.15) is 31.2 Å². The topological polar surface area (TPSA) is 57.4 Å². The number of rotatable bonds is 3. The van der Waals surface area contributed by atoms with Crippen molar-refractivity contribution in [2.45, 2.75) is 32.1 Å². The molecule has 2 N–H and O–H groups in total. The van der Waals surface area contributed by atoms with Crippen LogP contribution in [0.15, 0.2) is 30.5 Å². The molecule has 134 valence electrons. The predicted octanol–water partition coefficient (Wildman–Crippen LogP) is 3.31. The second-order valence-electron chi connectivity index (χ2n) is 7.52. The Morgan fingerprint density at radius 2 is 2.12 bits per heavy atom. The zero-order valence-electron chi connectivity index (χ0n) is 14.7. The van der Waals surface area contributed by atoms with Crippen LogP contribution < -0.4 is 5.32 Å². The van der Waals surface area contributed by atoms with Crippen molar-refractivity contribution < 1.29 is 9.53 Å². The molecule has 2 aromatic rings. The number of urea groups is 1. The van der Waals surface area contributed by atoms with E-state index >= 15 is 0 Å².